The first-order valence-electron chi connectivity index (χ1n) is 7.93. The predicted octanol–water partition coefficient (Wildman–Crippen LogP) is 2.19. The van der Waals surface area contributed by atoms with Crippen molar-refractivity contribution >= 4 is 11.8 Å². The van der Waals surface area contributed by atoms with Crippen molar-refractivity contribution in [2.75, 3.05) is 19.6 Å². The molecule has 2 unspecified atom stereocenters. The minimum atomic E-state index is -0.00103. The zero-order chi connectivity index (χ0) is 14.8. The first-order chi connectivity index (χ1) is 9.38. The Kier molecular flexibility index (Phi) is 4.71. The second-order valence-electron chi connectivity index (χ2n) is 7.36. The molecular weight excluding hydrogens is 252 g/mol. The van der Waals surface area contributed by atoms with Crippen LogP contribution in [0, 0.1) is 17.3 Å². The van der Waals surface area contributed by atoms with Gasteiger partial charge in [-0.25, -0.2) is 0 Å². The summed E-state index contributed by atoms with van der Waals surface area (Å²) in [6, 6.07) is 0. The van der Waals surface area contributed by atoms with Crippen molar-refractivity contribution in [1.29, 1.82) is 0 Å². The summed E-state index contributed by atoms with van der Waals surface area (Å²) in [4.78, 5) is 25.8. The molecule has 114 valence electrons. The zero-order valence-corrected chi connectivity index (χ0v) is 13.1. The Morgan fingerprint density at radius 3 is 2.55 bits per heavy atom. The maximum atomic E-state index is 12.5. The van der Waals surface area contributed by atoms with Crippen molar-refractivity contribution < 1.29 is 9.59 Å². The van der Waals surface area contributed by atoms with E-state index >= 15 is 0 Å². The van der Waals surface area contributed by atoms with E-state index in [1.54, 1.807) is 0 Å². The minimum Gasteiger partial charge on any atom is -0.355 e. The molecule has 2 atom stereocenters. The van der Waals surface area contributed by atoms with Crippen molar-refractivity contribution in [1.82, 2.24) is 10.2 Å². The van der Waals surface area contributed by atoms with Crippen LogP contribution in [0.5, 0.6) is 0 Å². The molecule has 2 aliphatic rings. The maximum absolute atomic E-state index is 12.5. The van der Waals surface area contributed by atoms with E-state index in [0.29, 0.717) is 30.7 Å². The first kappa shape index (κ1) is 15.3. The summed E-state index contributed by atoms with van der Waals surface area (Å²) in [5.41, 5.74) is 0.331. The third-order valence-electron chi connectivity index (χ3n) is 4.88. The number of piperidine rings is 1. The predicted molar refractivity (Wildman–Crippen MR) is 79.1 cm³/mol. The molecule has 0 aliphatic carbocycles. The Labute approximate surface area is 122 Å². The van der Waals surface area contributed by atoms with Crippen LogP contribution in [0.25, 0.3) is 0 Å². The van der Waals surface area contributed by atoms with E-state index in [4.69, 9.17) is 0 Å². The Morgan fingerprint density at radius 1 is 1.20 bits per heavy atom. The summed E-state index contributed by atoms with van der Waals surface area (Å²) in [5.74, 6) is 1.03. The van der Waals surface area contributed by atoms with E-state index < -0.39 is 0 Å². The number of likely N-dealkylation sites (tertiary alicyclic amines) is 1. The second-order valence-corrected chi connectivity index (χ2v) is 7.36. The van der Waals surface area contributed by atoms with Gasteiger partial charge in [0.05, 0.1) is 5.92 Å². The lowest BCUT2D eigenvalue weighted by Gasteiger charge is -2.31. The molecule has 0 spiro atoms. The van der Waals surface area contributed by atoms with Gasteiger partial charge < -0.3 is 10.2 Å². The number of carbonyl (C=O) groups is 2. The zero-order valence-electron chi connectivity index (χ0n) is 13.1. The van der Waals surface area contributed by atoms with Gasteiger partial charge in [-0.3, -0.25) is 9.59 Å². The maximum Gasteiger partial charge on any atom is 0.227 e. The highest BCUT2D eigenvalue weighted by atomic mass is 16.2. The highest BCUT2D eigenvalue weighted by Gasteiger charge is 2.32. The van der Waals surface area contributed by atoms with Gasteiger partial charge in [-0.05, 0) is 37.0 Å². The molecule has 0 aromatic carbocycles. The van der Waals surface area contributed by atoms with E-state index in [1.165, 1.54) is 6.42 Å². The third-order valence-corrected chi connectivity index (χ3v) is 4.88. The minimum absolute atomic E-state index is 0.00103. The van der Waals surface area contributed by atoms with Crippen molar-refractivity contribution in [3.63, 3.8) is 0 Å². The normalized spacial score (nSPS) is 28.8. The molecule has 2 saturated heterocycles. The molecule has 0 saturated carbocycles. The van der Waals surface area contributed by atoms with Crippen LogP contribution in [0.3, 0.4) is 0 Å². The lowest BCUT2D eigenvalue weighted by Crippen LogP contribution is -2.45. The van der Waals surface area contributed by atoms with Gasteiger partial charge in [-0.1, -0.05) is 20.8 Å². The van der Waals surface area contributed by atoms with Crippen molar-refractivity contribution in [3.05, 3.63) is 0 Å². The number of hydrogen-bond donors (Lipinski definition) is 1. The van der Waals surface area contributed by atoms with Crippen LogP contribution >= 0.6 is 0 Å². The topological polar surface area (TPSA) is 49.4 Å². The first-order valence-corrected chi connectivity index (χ1v) is 7.93. The summed E-state index contributed by atoms with van der Waals surface area (Å²) in [5, 5.41) is 2.81. The summed E-state index contributed by atoms with van der Waals surface area (Å²) >= 11 is 0. The van der Waals surface area contributed by atoms with E-state index in [-0.39, 0.29) is 17.7 Å². The molecule has 0 radical (unpaired) electrons. The molecular formula is C16H28N2O2. The van der Waals surface area contributed by atoms with Gasteiger partial charge in [0.15, 0.2) is 0 Å². The fourth-order valence-corrected chi connectivity index (χ4v) is 3.38. The van der Waals surface area contributed by atoms with Crippen molar-refractivity contribution in [3.8, 4) is 0 Å². The summed E-state index contributed by atoms with van der Waals surface area (Å²) in [7, 11) is 0. The van der Waals surface area contributed by atoms with Crippen LogP contribution in [0.4, 0.5) is 0 Å². The molecule has 20 heavy (non-hydrogen) atoms. The molecule has 2 rings (SSSR count). The number of amides is 2. The van der Waals surface area contributed by atoms with Crippen LogP contribution in [0.15, 0.2) is 0 Å². The number of rotatable bonds is 1. The Morgan fingerprint density at radius 2 is 1.95 bits per heavy atom. The van der Waals surface area contributed by atoms with Gasteiger partial charge in [0.1, 0.15) is 0 Å². The van der Waals surface area contributed by atoms with E-state index in [9.17, 15) is 9.59 Å². The average molecular weight is 280 g/mol. The van der Waals surface area contributed by atoms with E-state index in [1.807, 2.05) is 4.90 Å². The van der Waals surface area contributed by atoms with Gasteiger partial charge in [0.25, 0.3) is 0 Å². The van der Waals surface area contributed by atoms with Gasteiger partial charge in [0, 0.05) is 26.1 Å². The summed E-state index contributed by atoms with van der Waals surface area (Å²) < 4.78 is 0. The Balaban J connectivity index is 1.90. The molecule has 2 aliphatic heterocycles. The van der Waals surface area contributed by atoms with Crippen LogP contribution in [0.2, 0.25) is 0 Å². The average Bonchev–Trinajstić information content (AvgIpc) is 2.64. The smallest absolute Gasteiger partial charge is 0.227 e. The van der Waals surface area contributed by atoms with Crippen molar-refractivity contribution in [2.24, 2.45) is 17.3 Å². The molecule has 2 fully saturated rings. The lowest BCUT2D eigenvalue weighted by molar-refractivity contribution is -0.137. The van der Waals surface area contributed by atoms with Crippen molar-refractivity contribution in [2.45, 2.75) is 52.9 Å². The standard InChI is InChI=1S/C16H28N2O2/c1-16(2,3)13-5-4-9-18(10-8-13)15(20)12-6-7-14(19)17-11-12/h12-13H,4-11H2,1-3H3,(H,17,19). The number of nitrogens with zero attached hydrogens (tertiary/aromatic N) is 1. The molecule has 2 heterocycles. The lowest BCUT2D eigenvalue weighted by atomic mass is 9.77. The van der Waals surface area contributed by atoms with Gasteiger partial charge in [0.2, 0.25) is 11.8 Å². The Bertz CT molecular complexity index is 363. The molecule has 0 bridgehead atoms. The molecule has 4 nitrogen and oxygen atoms in total. The van der Waals surface area contributed by atoms with Crippen LogP contribution in [-0.4, -0.2) is 36.3 Å². The highest BCUT2D eigenvalue weighted by molar-refractivity contribution is 5.83. The molecule has 1 N–H and O–H groups in total. The number of hydrogen-bond acceptors (Lipinski definition) is 2. The molecule has 2 amide bonds. The summed E-state index contributed by atoms with van der Waals surface area (Å²) in [6.07, 6.45) is 4.63. The fourth-order valence-electron chi connectivity index (χ4n) is 3.38. The van der Waals surface area contributed by atoms with Gasteiger partial charge >= 0.3 is 0 Å². The van der Waals surface area contributed by atoms with Crippen LogP contribution in [-0.2, 0) is 9.59 Å². The van der Waals surface area contributed by atoms with E-state index in [0.717, 1.165) is 25.9 Å². The third kappa shape index (κ3) is 3.74. The SMILES string of the molecule is CC(C)(C)C1CCCN(C(=O)C2CCC(=O)NC2)CC1. The monoisotopic (exact) mass is 280 g/mol. The highest BCUT2D eigenvalue weighted by Crippen LogP contribution is 2.34. The molecule has 4 heteroatoms. The summed E-state index contributed by atoms with van der Waals surface area (Å²) in [6.45, 7) is 9.18. The largest absolute Gasteiger partial charge is 0.355 e. The van der Waals surface area contributed by atoms with Gasteiger partial charge in [-0.2, -0.15) is 0 Å². The fraction of sp³-hybridized carbons (Fsp3) is 0.875. The van der Waals surface area contributed by atoms with Crippen LogP contribution in [0.1, 0.15) is 52.9 Å². The quantitative estimate of drug-likeness (QED) is 0.800. The van der Waals surface area contributed by atoms with Gasteiger partial charge in [-0.15, -0.1) is 0 Å². The van der Waals surface area contributed by atoms with Crippen LogP contribution < -0.4 is 5.32 Å². The molecule has 0 aromatic rings. The van der Waals surface area contributed by atoms with E-state index in [2.05, 4.69) is 26.1 Å². The second kappa shape index (κ2) is 6.15. The molecule has 0 aromatic heterocycles. The number of carbonyl (C=O) groups excluding carboxylic acids is 2. The number of nitrogens with one attached hydrogen (secondary N) is 1. The Hall–Kier alpha value is -1.06.